The number of amidine groups is 1. The van der Waals surface area contributed by atoms with E-state index in [2.05, 4.69) is 10.9 Å². The Bertz CT molecular complexity index is 357. The summed E-state index contributed by atoms with van der Waals surface area (Å²) < 4.78 is 10.3. The van der Waals surface area contributed by atoms with Gasteiger partial charge in [0.15, 0.2) is 11.8 Å². The normalized spacial score (nSPS) is 24.8. The second kappa shape index (κ2) is 4.51. The Hall–Kier alpha value is -1.58. The fourth-order valence-electron chi connectivity index (χ4n) is 1.74. The third-order valence-corrected chi connectivity index (χ3v) is 2.66. The molecule has 0 aromatic rings. The lowest BCUT2D eigenvalue weighted by molar-refractivity contribution is -0.150. The number of methoxy groups -OCH3 is 2. The predicted octanol–water partition coefficient (Wildman–Crippen LogP) is -0.210. The van der Waals surface area contributed by atoms with Crippen molar-refractivity contribution in [2.24, 2.45) is 10.7 Å². The topological polar surface area (TPSA) is 77.2 Å². The van der Waals surface area contributed by atoms with Gasteiger partial charge in [0.1, 0.15) is 5.84 Å². The molecule has 1 heterocycles. The maximum absolute atomic E-state index is 11.6. The molecule has 1 aliphatic heterocycles. The van der Waals surface area contributed by atoms with Crippen LogP contribution >= 0.6 is 0 Å². The first-order chi connectivity index (χ1) is 7.52. The van der Waals surface area contributed by atoms with Crippen LogP contribution in [0.3, 0.4) is 0 Å². The molecule has 0 aromatic heterocycles. The molecule has 2 N–H and O–H groups in total. The van der Waals surface area contributed by atoms with Gasteiger partial charge in [-0.2, -0.15) is 4.99 Å². The van der Waals surface area contributed by atoms with Gasteiger partial charge in [0.25, 0.3) is 0 Å². The van der Waals surface area contributed by atoms with Gasteiger partial charge in [-0.1, -0.05) is 5.92 Å². The third-order valence-electron chi connectivity index (χ3n) is 2.66. The highest BCUT2D eigenvalue weighted by Crippen LogP contribution is 2.28. The quantitative estimate of drug-likeness (QED) is 0.530. The number of carbonyl (C=O) groups excluding carboxylic acids is 1. The largest absolute Gasteiger partial charge is 0.385 e. The van der Waals surface area contributed by atoms with Crippen LogP contribution in [0.1, 0.15) is 6.92 Å². The van der Waals surface area contributed by atoms with E-state index in [9.17, 15) is 4.79 Å². The smallest absolute Gasteiger partial charge is 0.347 e. The van der Waals surface area contributed by atoms with Crippen LogP contribution in [0.15, 0.2) is 4.99 Å². The number of hydrogen-bond acceptors (Lipinski definition) is 4. The van der Waals surface area contributed by atoms with E-state index in [1.165, 1.54) is 19.1 Å². The summed E-state index contributed by atoms with van der Waals surface area (Å²) >= 11 is 0. The maximum Gasteiger partial charge on any atom is 0.347 e. The molecule has 88 valence electrons. The molecule has 0 aliphatic carbocycles. The van der Waals surface area contributed by atoms with E-state index < -0.39 is 17.9 Å². The molecule has 0 saturated carbocycles. The van der Waals surface area contributed by atoms with Gasteiger partial charge in [0, 0.05) is 14.2 Å². The molecule has 1 rings (SSSR count). The molecule has 16 heavy (non-hydrogen) atoms. The fourth-order valence-corrected chi connectivity index (χ4v) is 1.74. The molecule has 0 bridgehead atoms. The third kappa shape index (κ3) is 1.64. The van der Waals surface area contributed by atoms with Gasteiger partial charge in [-0.25, -0.2) is 4.79 Å². The van der Waals surface area contributed by atoms with Crippen LogP contribution < -0.4 is 5.73 Å². The number of nitrogens with two attached hydrogens (primary N) is 1. The van der Waals surface area contributed by atoms with Crippen LogP contribution in [0.5, 0.6) is 0 Å². The molecule has 6 heteroatoms. The SMILES string of the molecule is C#CCN1C(=O)N=C(N)C1(C)C(OC)OC. The summed E-state index contributed by atoms with van der Waals surface area (Å²) in [5, 5.41) is 0. The number of aliphatic imine (C=N–C) groups is 1. The van der Waals surface area contributed by atoms with E-state index in [-0.39, 0.29) is 12.4 Å². The molecule has 1 atom stereocenters. The molecule has 0 saturated heterocycles. The lowest BCUT2D eigenvalue weighted by Gasteiger charge is -2.38. The number of urea groups is 1. The Morgan fingerprint density at radius 3 is 2.62 bits per heavy atom. The summed E-state index contributed by atoms with van der Waals surface area (Å²) in [5.74, 6) is 2.52. The van der Waals surface area contributed by atoms with E-state index in [4.69, 9.17) is 21.6 Å². The van der Waals surface area contributed by atoms with Crippen LogP contribution in [0.2, 0.25) is 0 Å². The monoisotopic (exact) mass is 225 g/mol. The Labute approximate surface area is 94.4 Å². The van der Waals surface area contributed by atoms with Crippen molar-refractivity contribution in [3.05, 3.63) is 0 Å². The van der Waals surface area contributed by atoms with Crippen LogP contribution in [0.4, 0.5) is 4.79 Å². The predicted molar refractivity (Wildman–Crippen MR) is 58.8 cm³/mol. The van der Waals surface area contributed by atoms with Crippen LogP contribution in [0, 0.1) is 12.3 Å². The lowest BCUT2D eigenvalue weighted by Crippen LogP contribution is -2.60. The highest BCUT2D eigenvalue weighted by Gasteiger charge is 2.51. The van der Waals surface area contributed by atoms with Crippen molar-refractivity contribution >= 4 is 11.9 Å². The first-order valence-corrected chi connectivity index (χ1v) is 4.67. The number of rotatable bonds is 4. The molecule has 0 radical (unpaired) electrons. The molecule has 2 amide bonds. The minimum absolute atomic E-state index is 0.1000. The molecule has 0 fully saturated rings. The van der Waals surface area contributed by atoms with Crippen LogP contribution in [0.25, 0.3) is 0 Å². The van der Waals surface area contributed by atoms with Gasteiger partial charge < -0.3 is 15.2 Å². The van der Waals surface area contributed by atoms with Crippen LogP contribution in [-0.4, -0.2) is 49.4 Å². The van der Waals surface area contributed by atoms with Crippen molar-refractivity contribution in [2.45, 2.75) is 18.8 Å². The summed E-state index contributed by atoms with van der Waals surface area (Å²) in [7, 11) is 2.92. The summed E-state index contributed by atoms with van der Waals surface area (Å²) in [4.78, 5) is 16.6. The zero-order valence-corrected chi connectivity index (χ0v) is 9.56. The summed E-state index contributed by atoms with van der Waals surface area (Å²) in [6, 6.07) is -0.475. The van der Waals surface area contributed by atoms with Crippen molar-refractivity contribution in [1.29, 1.82) is 0 Å². The first kappa shape index (κ1) is 12.5. The van der Waals surface area contributed by atoms with Crippen molar-refractivity contribution in [3.63, 3.8) is 0 Å². The number of nitrogens with zero attached hydrogens (tertiary/aromatic N) is 2. The van der Waals surface area contributed by atoms with Gasteiger partial charge in [0.05, 0.1) is 6.54 Å². The zero-order chi connectivity index (χ0) is 12.3. The lowest BCUT2D eigenvalue weighted by atomic mass is 9.99. The Balaban J connectivity index is 3.11. The second-order valence-corrected chi connectivity index (χ2v) is 3.52. The fraction of sp³-hybridized carbons (Fsp3) is 0.600. The van der Waals surface area contributed by atoms with Crippen molar-refractivity contribution in [3.8, 4) is 12.3 Å². The van der Waals surface area contributed by atoms with E-state index >= 15 is 0 Å². The molecular weight excluding hydrogens is 210 g/mol. The average molecular weight is 225 g/mol. The van der Waals surface area contributed by atoms with Gasteiger partial charge in [-0.3, -0.25) is 4.90 Å². The Morgan fingerprint density at radius 1 is 1.62 bits per heavy atom. The van der Waals surface area contributed by atoms with Crippen molar-refractivity contribution < 1.29 is 14.3 Å². The number of ether oxygens (including phenoxy) is 2. The maximum atomic E-state index is 11.6. The van der Waals surface area contributed by atoms with E-state index in [0.717, 1.165) is 0 Å². The summed E-state index contributed by atoms with van der Waals surface area (Å²) in [5.41, 5.74) is 4.77. The highest BCUT2D eigenvalue weighted by atomic mass is 16.7. The number of hydrogen-bond donors (Lipinski definition) is 1. The molecular formula is C10H15N3O3. The number of amides is 2. The molecule has 6 nitrogen and oxygen atoms in total. The van der Waals surface area contributed by atoms with Gasteiger partial charge >= 0.3 is 6.03 Å². The number of terminal acetylenes is 1. The standard InChI is InChI=1S/C10H15N3O3/c1-5-6-13-9(14)12-7(11)10(13,2)8(15-3)16-4/h1,8H,6H2,2-4H3,(H2,11,12,14). The summed E-state index contributed by atoms with van der Waals surface area (Å²) in [6.07, 6.45) is 4.49. The molecule has 0 spiro atoms. The first-order valence-electron chi connectivity index (χ1n) is 4.67. The van der Waals surface area contributed by atoms with Crippen molar-refractivity contribution in [1.82, 2.24) is 4.90 Å². The van der Waals surface area contributed by atoms with E-state index in [1.807, 2.05) is 0 Å². The Morgan fingerprint density at radius 2 is 2.19 bits per heavy atom. The van der Waals surface area contributed by atoms with Crippen molar-refractivity contribution in [2.75, 3.05) is 20.8 Å². The number of carbonyl (C=O) groups is 1. The minimum atomic E-state index is -0.965. The van der Waals surface area contributed by atoms with E-state index in [1.54, 1.807) is 6.92 Å². The summed E-state index contributed by atoms with van der Waals surface area (Å²) in [6.45, 7) is 1.80. The molecule has 1 unspecified atom stereocenters. The molecule has 0 aromatic carbocycles. The van der Waals surface area contributed by atoms with E-state index in [0.29, 0.717) is 0 Å². The average Bonchev–Trinajstić information content (AvgIpc) is 2.45. The Kier molecular flexibility index (Phi) is 3.52. The second-order valence-electron chi connectivity index (χ2n) is 3.52. The molecule has 1 aliphatic rings. The minimum Gasteiger partial charge on any atom is -0.385 e. The highest BCUT2D eigenvalue weighted by molar-refractivity contribution is 6.06. The van der Waals surface area contributed by atoms with Gasteiger partial charge in [-0.15, -0.1) is 6.42 Å². The van der Waals surface area contributed by atoms with Gasteiger partial charge in [-0.05, 0) is 6.92 Å². The van der Waals surface area contributed by atoms with Crippen LogP contribution in [-0.2, 0) is 9.47 Å². The van der Waals surface area contributed by atoms with Gasteiger partial charge in [0.2, 0.25) is 0 Å². The zero-order valence-electron chi connectivity index (χ0n) is 9.56.